The average molecular weight is 380 g/mol. The Labute approximate surface area is 164 Å². The van der Waals surface area contributed by atoms with Gasteiger partial charge in [-0.25, -0.2) is 0 Å². The predicted molar refractivity (Wildman–Crippen MR) is 105 cm³/mol. The van der Waals surface area contributed by atoms with E-state index in [2.05, 4.69) is 10.5 Å². The van der Waals surface area contributed by atoms with E-state index in [0.717, 1.165) is 28.1 Å². The van der Waals surface area contributed by atoms with Crippen molar-refractivity contribution in [3.05, 3.63) is 82.2 Å². The Morgan fingerprint density at radius 2 is 1.75 bits per heavy atom. The summed E-state index contributed by atoms with van der Waals surface area (Å²) in [6, 6.07) is 15.1. The SMILES string of the molecule is COCc1ccc(CNC(=O)c2ccccc2OCc2c(C)noc2C)cc1. The highest BCUT2D eigenvalue weighted by atomic mass is 16.5. The van der Waals surface area contributed by atoms with Crippen LogP contribution in [0.15, 0.2) is 53.1 Å². The molecule has 0 aliphatic rings. The van der Waals surface area contributed by atoms with Crippen molar-refractivity contribution >= 4 is 5.91 Å². The molecule has 6 heteroatoms. The number of methoxy groups -OCH3 is 1. The molecule has 1 amide bonds. The standard InChI is InChI=1S/C22H24N2O4/c1-15-20(16(2)28-24-15)14-27-21-7-5-4-6-19(21)22(25)23-12-17-8-10-18(11-9-17)13-26-3/h4-11H,12-14H2,1-3H3,(H,23,25). The normalized spacial score (nSPS) is 10.7. The number of carbonyl (C=O) groups is 1. The van der Waals surface area contributed by atoms with Gasteiger partial charge in [-0.2, -0.15) is 0 Å². The van der Waals surface area contributed by atoms with Crippen molar-refractivity contribution in [2.45, 2.75) is 33.6 Å². The Morgan fingerprint density at radius 1 is 1.04 bits per heavy atom. The summed E-state index contributed by atoms with van der Waals surface area (Å²) in [4.78, 5) is 12.7. The fourth-order valence-corrected chi connectivity index (χ4v) is 2.84. The lowest BCUT2D eigenvalue weighted by atomic mass is 10.1. The molecule has 0 atom stereocenters. The second-order valence-electron chi connectivity index (χ2n) is 6.52. The van der Waals surface area contributed by atoms with Gasteiger partial charge < -0.3 is 19.3 Å². The smallest absolute Gasteiger partial charge is 0.255 e. The molecule has 28 heavy (non-hydrogen) atoms. The quantitative estimate of drug-likeness (QED) is 0.641. The first-order valence-electron chi connectivity index (χ1n) is 9.07. The fraction of sp³-hybridized carbons (Fsp3) is 0.273. The maximum Gasteiger partial charge on any atom is 0.255 e. The number of rotatable bonds is 8. The molecule has 1 aromatic heterocycles. The van der Waals surface area contributed by atoms with Crippen LogP contribution in [0, 0.1) is 13.8 Å². The summed E-state index contributed by atoms with van der Waals surface area (Å²) in [6.07, 6.45) is 0. The molecule has 0 aliphatic heterocycles. The third kappa shape index (κ3) is 4.78. The number of nitrogens with zero attached hydrogens (tertiary/aromatic N) is 1. The highest BCUT2D eigenvalue weighted by Crippen LogP contribution is 2.21. The zero-order chi connectivity index (χ0) is 19.9. The van der Waals surface area contributed by atoms with Crippen LogP contribution in [0.25, 0.3) is 0 Å². The molecular weight excluding hydrogens is 356 g/mol. The van der Waals surface area contributed by atoms with E-state index in [-0.39, 0.29) is 5.91 Å². The fourth-order valence-electron chi connectivity index (χ4n) is 2.84. The number of ether oxygens (including phenoxy) is 2. The van der Waals surface area contributed by atoms with Crippen molar-refractivity contribution in [1.82, 2.24) is 10.5 Å². The van der Waals surface area contributed by atoms with Crippen LogP contribution in [0.1, 0.15) is 38.5 Å². The van der Waals surface area contributed by atoms with Gasteiger partial charge in [-0.05, 0) is 37.1 Å². The lowest BCUT2D eigenvalue weighted by molar-refractivity contribution is 0.0946. The first-order chi connectivity index (χ1) is 13.6. The molecule has 1 heterocycles. The molecule has 0 saturated carbocycles. The first-order valence-corrected chi connectivity index (χ1v) is 9.07. The van der Waals surface area contributed by atoms with Crippen molar-refractivity contribution in [3.63, 3.8) is 0 Å². The van der Waals surface area contributed by atoms with E-state index in [9.17, 15) is 4.79 Å². The van der Waals surface area contributed by atoms with Crippen LogP contribution in [0.5, 0.6) is 5.75 Å². The molecule has 0 fully saturated rings. The van der Waals surface area contributed by atoms with E-state index >= 15 is 0 Å². The number of aryl methyl sites for hydroxylation is 2. The zero-order valence-electron chi connectivity index (χ0n) is 16.3. The highest BCUT2D eigenvalue weighted by molar-refractivity contribution is 5.96. The Kier molecular flexibility index (Phi) is 6.45. The van der Waals surface area contributed by atoms with Crippen LogP contribution in [-0.4, -0.2) is 18.2 Å². The van der Waals surface area contributed by atoms with Gasteiger partial charge in [0.1, 0.15) is 18.1 Å². The van der Waals surface area contributed by atoms with E-state index in [1.165, 1.54) is 0 Å². The van der Waals surface area contributed by atoms with Gasteiger partial charge in [0.25, 0.3) is 5.91 Å². The summed E-state index contributed by atoms with van der Waals surface area (Å²) in [6.45, 7) is 5.01. The van der Waals surface area contributed by atoms with Crippen LogP contribution in [-0.2, 0) is 24.5 Å². The Bertz CT molecular complexity index is 912. The summed E-state index contributed by atoms with van der Waals surface area (Å²) in [5, 5.41) is 6.87. The van der Waals surface area contributed by atoms with Crippen LogP contribution in [0.3, 0.4) is 0 Å². The molecule has 3 rings (SSSR count). The maximum atomic E-state index is 12.7. The van der Waals surface area contributed by atoms with Gasteiger partial charge >= 0.3 is 0 Å². The van der Waals surface area contributed by atoms with Crippen LogP contribution >= 0.6 is 0 Å². The number of hydrogen-bond acceptors (Lipinski definition) is 5. The number of para-hydroxylation sites is 1. The molecule has 0 radical (unpaired) electrons. The maximum absolute atomic E-state index is 12.7. The monoisotopic (exact) mass is 380 g/mol. The lowest BCUT2D eigenvalue weighted by Crippen LogP contribution is -2.23. The average Bonchev–Trinajstić information content (AvgIpc) is 3.03. The number of hydrogen-bond donors (Lipinski definition) is 1. The van der Waals surface area contributed by atoms with E-state index in [1.54, 1.807) is 19.2 Å². The number of carbonyl (C=O) groups excluding carboxylic acids is 1. The van der Waals surface area contributed by atoms with Crippen LogP contribution < -0.4 is 10.1 Å². The molecule has 146 valence electrons. The van der Waals surface area contributed by atoms with Gasteiger partial charge in [0, 0.05) is 13.7 Å². The predicted octanol–water partition coefficient (Wildman–Crippen LogP) is 3.95. The van der Waals surface area contributed by atoms with E-state index in [0.29, 0.717) is 31.1 Å². The molecule has 6 nitrogen and oxygen atoms in total. The van der Waals surface area contributed by atoms with Crippen molar-refractivity contribution < 1.29 is 18.8 Å². The van der Waals surface area contributed by atoms with Gasteiger partial charge in [0.05, 0.1) is 23.4 Å². The summed E-state index contributed by atoms with van der Waals surface area (Å²) in [7, 11) is 1.67. The van der Waals surface area contributed by atoms with Crippen molar-refractivity contribution in [2.75, 3.05) is 7.11 Å². The van der Waals surface area contributed by atoms with Gasteiger partial charge in [-0.1, -0.05) is 41.6 Å². The second kappa shape index (κ2) is 9.19. The van der Waals surface area contributed by atoms with E-state index in [1.807, 2.05) is 50.2 Å². The summed E-state index contributed by atoms with van der Waals surface area (Å²) >= 11 is 0. The van der Waals surface area contributed by atoms with E-state index < -0.39 is 0 Å². The number of benzene rings is 2. The van der Waals surface area contributed by atoms with Crippen LogP contribution in [0.4, 0.5) is 0 Å². The minimum absolute atomic E-state index is 0.185. The topological polar surface area (TPSA) is 73.6 Å². The minimum Gasteiger partial charge on any atom is -0.488 e. The van der Waals surface area contributed by atoms with Gasteiger partial charge in [0.15, 0.2) is 0 Å². The summed E-state index contributed by atoms with van der Waals surface area (Å²) in [5.74, 6) is 1.06. The number of aromatic nitrogens is 1. The Balaban J connectivity index is 1.63. The van der Waals surface area contributed by atoms with Crippen molar-refractivity contribution in [3.8, 4) is 5.75 Å². The zero-order valence-corrected chi connectivity index (χ0v) is 16.3. The second-order valence-corrected chi connectivity index (χ2v) is 6.52. The molecule has 0 bridgehead atoms. The molecule has 0 spiro atoms. The Hall–Kier alpha value is -3.12. The number of amides is 1. The number of nitrogens with one attached hydrogen (secondary N) is 1. The van der Waals surface area contributed by atoms with E-state index in [4.69, 9.17) is 14.0 Å². The molecular formula is C22H24N2O4. The van der Waals surface area contributed by atoms with Crippen LogP contribution in [0.2, 0.25) is 0 Å². The third-order valence-electron chi connectivity index (χ3n) is 4.47. The van der Waals surface area contributed by atoms with Gasteiger partial charge in [-0.3, -0.25) is 4.79 Å². The largest absolute Gasteiger partial charge is 0.488 e. The molecule has 0 aliphatic carbocycles. The lowest BCUT2D eigenvalue weighted by Gasteiger charge is -2.12. The first kappa shape index (κ1) is 19.6. The minimum atomic E-state index is -0.185. The summed E-state index contributed by atoms with van der Waals surface area (Å²) in [5.41, 5.74) is 4.28. The third-order valence-corrected chi connectivity index (χ3v) is 4.47. The Morgan fingerprint density at radius 3 is 2.43 bits per heavy atom. The molecule has 0 saturated heterocycles. The molecule has 0 unspecified atom stereocenters. The highest BCUT2D eigenvalue weighted by Gasteiger charge is 2.14. The van der Waals surface area contributed by atoms with Crippen molar-refractivity contribution in [1.29, 1.82) is 0 Å². The van der Waals surface area contributed by atoms with Gasteiger partial charge in [-0.15, -0.1) is 0 Å². The summed E-state index contributed by atoms with van der Waals surface area (Å²) < 4.78 is 16.1. The molecule has 1 N–H and O–H groups in total. The van der Waals surface area contributed by atoms with Crippen molar-refractivity contribution in [2.24, 2.45) is 0 Å². The molecule has 2 aromatic carbocycles. The molecule has 3 aromatic rings. The van der Waals surface area contributed by atoms with Gasteiger partial charge in [0.2, 0.25) is 0 Å².